The SMILES string of the molecule is OCCCN(CCO)Cc1ccc(N2CCCCC2)cc1. The Balaban J connectivity index is 1.90. The van der Waals surface area contributed by atoms with Crippen LogP contribution in [0.2, 0.25) is 0 Å². The fourth-order valence-electron chi connectivity index (χ4n) is 2.93. The maximum Gasteiger partial charge on any atom is 0.0558 e. The molecule has 0 aromatic heterocycles. The number of piperidine rings is 1. The molecule has 0 bridgehead atoms. The van der Waals surface area contributed by atoms with Crippen LogP contribution in [0.5, 0.6) is 0 Å². The first-order valence-corrected chi connectivity index (χ1v) is 8.11. The molecule has 1 aliphatic rings. The van der Waals surface area contributed by atoms with Crippen molar-refractivity contribution in [2.75, 3.05) is 44.3 Å². The molecule has 0 spiro atoms. The van der Waals surface area contributed by atoms with Crippen molar-refractivity contribution in [3.8, 4) is 0 Å². The molecule has 0 unspecified atom stereocenters. The fourth-order valence-corrected chi connectivity index (χ4v) is 2.93. The van der Waals surface area contributed by atoms with Gasteiger partial charge in [-0.1, -0.05) is 12.1 Å². The van der Waals surface area contributed by atoms with Gasteiger partial charge in [0.1, 0.15) is 0 Å². The Labute approximate surface area is 128 Å². The Hall–Kier alpha value is -1.10. The largest absolute Gasteiger partial charge is 0.396 e. The molecule has 4 heteroatoms. The third kappa shape index (κ3) is 5.30. The Morgan fingerprint density at radius 2 is 1.62 bits per heavy atom. The fraction of sp³-hybridized carbons (Fsp3) is 0.647. The predicted octanol–water partition coefficient (Wildman–Crippen LogP) is 1.85. The molecule has 1 saturated heterocycles. The van der Waals surface area contributed by atoms with Gasteiger partial charge in [0.25, 0.3) is 0 Å². The van der Waals surface area contributed by atoms with E-state index in [1.54, 1.807) is 0 Å². The first-order chi connectivity index (χ1) is 10.3. The van der Waals surface area contributed by atoms with Gasteiger partial charge in [-0.15, -0.1) is 0 Å². The van der Waals surface area contributed by atoms with Crippen molar-refractivity contribution in [3.05, 3.63) is 29.8 Å². The predicted molar refractivity (Wildman–Crippen MR) is 86.6 cm³/mol. The van der Waals surface area contributed by atoms with E-state index in [-0.39, 0.29) is 13.2 Å². The molecule has 2 N–H and O–H groups in total. The van der Waals surface area contributed by atoms with Gasteiger partial charge in [0.2, 0.25) is 0 Å². The molecule has 2 rings (SSSR count). The van der Waals surface area contributed by atoms with Crippen LogP contribution in [0.4, 0.5) is 5.69 Å². The molecule has 21 heavy (non-hydrogen) atoms. The molecule has 0 radical (unpaired) electrons. The Bertz CT molecular complexity index is 388. The number of hydrogen-bond acceptors (Lipinski definition) is 4. The van der Waals surface area contributed by atoms with E-state index >= 15 is 0 Å². The van der Waals surface area contributed by atoms with Crippen LogP contribution in [0.3, 0.4) is 0 Å². The number of aliphatic hydroxyl groups excluding tert-OH is 2. The summed E-state index contributed by atoms with van der Waals surface area (Å²) in [5.41, 5.74) is 2.59. The van der Waals surface area contributed by atoms with Crippen LogP contribution in [0.15, 0.2) is 24.3 Å². The number of rotatable bonds is 8. The molecule has 1 fully saturated rings. The van der Waals surface area contributed by atoms with Crippen molar-refractivity contribution in [2.45, 2.75) is 32.2 Å². The summed E-state index contributed by atoms with van der Waals surface area (Å²) < 4.78 is 0. The van der Waals surface area contributed by atoms with Gasteiger partial charge in [-0.05, 0) is 43.4 Å². The van der Waals surface area contributed by atoms with Crippen LogP contribution in [-0.4, -0.2) is 54.5 Å². The summed E-state index contributed by atoms with van der Waals surface area (Å²) in [7, 11) is 0. The average molecular weight is 292 g/mol. The van der Waals surface area contributed by atoms with Crippen LogP contribution >= 0.6 is 0 Å². The van der Waals surface area contributed by atoms with Crippen molar-refractivity contribution in [3.63, 3.8) is 0 Å². The van der Waals surface area contributed by atoms with Gasteiger partial charge in [0.05, 0.1) is 6.61 Å². The summed E-state index contributed by atoms with van der Waals surface area (Å²) in [5, 5.41) is 18.1. The average Bonchev–Trinajstić information content (AvgIpc) is 2.54. The van der Waals surface area contributed by atoms with E-state index in [0.717, 1.165) is 19.5 Å². The lowest BCUT2D eigenvalue weighted by Crippen LogP contribution is -2.29. The van der Waals surface area contributed by atoms with Gasteiger partial charge in [-0.3, -0.25) is 4.90 Å². The van der Waals surface area contributed by atoms with E-state index in [0.29, 0.717) is 6.54 Å². The summed E-state index contributed by atoms with van der Waals surface area (Å²) in [5.74, 6) is 0. The molecule has 4 nitrogen and oxygen atoms in total. The molecule has 1 aliphatic heterocycles. The lowest BCUT2D eigenvalue weighted by molar-refractivity contribution is 0.174. The third-order valence-electron chi connectivity index (χ3n) is 4.11. The molecule has 1 heterocycles. The van der Waals surface area contributed by atoms with Crippen LogP contribution in [-0.2, 0) is 6.54 Å². The molecule has 118 valence electrons. The molecule has 1 aromatic rings. The molecular weight excluding hydrogens is 264 g/mol. The topological polar surface area (TPSA) is 46.9 Å². The second-order valence-electron chi connectivity index (χ2n) is 5.79. The van der Waals surface area contributed by atoms with Crippen LogP contribution in [0, 0.1) is 0 Å². The Kier molecular flexibility index (Phi) is 7.00. The van der Waals surface area contributed by atoms with Crippen molar-refractivity contribution < 1.29 is 10.2 Å². The number of aliphatic hydroxyl groups is 2. The van der Waals surface area contributed by atoms with Gasteiger partial charge in [-0.2, -0.15) is 0 Å². The number of benzene rings is 1. The zero-order chi connectivity index (χ0) is 14.9. The van der Waals surface area contributed by atoms with E-state index in [9.17, 15) is 0 Å². The van der Waals surface area contributed by atoms with Crippen LogP contribution in [0.25, 0.3) is 0 Å². The summed E-state index contributed by atoms with van der Waals surface area (Å²) in [4.78, 5) is 4.65. The highest BCUT2D eigenvalue weighted by Gasteiger charge is 2.11. The molecule has 0 amide bonds. The molecule has 0 atom stereocenters. The number of anilines is 1. The highest BCUT2D eigenvalue weighted by atomic mass is 16.3. The van der Waals surface area contributed by atoms with Crippen LogP contribution in [0.1, 0.15) is 31.2 Å². The summed E-state index contributed by atoms with van der Waals surface area (Å²) in [6, 6.07) is 8.80. The van der Waals surface area contributed by atoms with Crippen molar-refractivity contribution in [1.82, 2.24) is 4.90 Å². The van der Waals surface area contributed by atoms with Crippen LogP contribution < -0.4 is 4.90 Å². The number of hydrogen-bond donors (Lipinski definition) is 2. The minimum atomic E-state index is 0.164. The second kappa shape index (κ2) is 9.03. The highest BCUT2D eigenvalue weighted by Crippen LogP contribution is 2.20. The Morgan fingerprint density at radius 1 is 0.905 bits per heavy atom. The molecular formula is C17H28N2O2. The summed E-state index contributed by atoms with van der Waals surface area (Å²) in [6.07, 6.45) is 4.71. The van der Waals surface area contributed by atoms with Gasteiger partial charge in [0.15, 0.2) is 0 Å². The molecule has 1 aromatic carbocycles. The first-order valence-electron chi connectivity index (χ1n) is 8.11. The number of nitrogens with zero attached hydrogens (tertiary/aromatic N) is 2. The van der Waals surface area contributed by atoms with Crippen molar-refractivity contribution in [2.24, 2.45) is 0 Å². The Morgan fingerprint density at radius 3 is 2.24 bits per heavy atom. The lowest BCUT2D eigenvalue weighted by atomic mass is 10.1. The van der Waals surface area contributed by atoms with E-state index in [2.05, 4.69) is 34.1 Å². The summed E-state index contributed by atoms with van der Waals surface area (Å²) >= 11 is 0. The van der Waals surface area contributed by atoms with Crippen molar-refractivity contribution >= 4 is 5.69 Å². The standard InChI is InChI=1S/C17H28N2O2/c20-13-4-9-18(12-14-21)15-16-5-7-17(8-6-16)19-10-2-1-3-11-19/h5-8,20-21H,1-4,9-15H2. The van der Waals surface area contributed by atoms with E-state index < -0.39 is 0 Å². The van der Waals surface area contributed by atoms with Gasteiger partial charge >= 0.3 is 0 Å². The zero-order valence-corrected chi connectivity index (χ0v) is 12.9. The minimum absolute atomic E-state index is 0.164. The van der Waals surface area contributed by atoms with E-state index in [4.69, 9.17) is 10.2 Å². The first kappa shape index (κ1) is 16.3. The maximum atomic E-state index is 9.12. The van der Waals surface area contributed by atoms with E-state index in [1.165, 1.54) is 43.6 Å². The minimum Gasteiger partial charge on any atom is -0.396 e. The monoisotopic (exact) mass is 292 g/mol. The van der Waals surface area contributed by atoms with Crippen molar-refractivity contribution in [1.29, 1.82) is 0 Å². The second-order valence-corrected chi connectivity index (χ2v) is 5.79. The molecule has 0 aliphatic carbocycles. The quantitative estimate of drug-likeness (QED) is 0.768. The normalized spacial score (nSPS) is 15.7. The summed E-state index contributed by atoms with van der Waals surface area (Å²) in [6.45, 7) is 5.03. The third-order valence-corrected chi connectivity index (χ3v) is 4.11. The molecule has 0 saturated carbocycles. The van der Waals surface area contributed by atoms with Gasteiger partial charge in [-0.25, -0.2) is 0 Å². The zero-order valence-electron chi connectivity index (χ0n) is 12.9. The van der Waals surface area contributed by atoms with Gasteiger partial charge < -0.3 is 15.1 Å². The van der Waals surface area contributed by atoms with E-state index in [1.807, 2.05) is 0 Å². The highest BCUT2D eigenvalue weighted by molar-refractivity contribution is 5.47. The lowest BCUT2D eigenvalue weighted by Gasteiger charge is -2.29. The smallest absolute Gasteiger partial charge is 0.0558 e. The maximum absolute atomic E-state index is 9.12. The van der Waals surface area contributed by atoms with Gasteiger partial charge in [0, 0.05) is 45.0 Å².